The van der Waals surface area contributed by atoms with Gasteiger partial charge in [-0.2, -0.15) is 5.10 Å². The molecule has 5 rings (SSSR count). The van der Waals surface area contributed by atoms with Gasteiger partial charge in [0.2, 0.25) is 0 Å². The Kier molecular flexibility index (Phi) is 3.88. The van der Waals surface area contributed by atoms with Gasteiger partial charge in [-0.15, -0.1) is 0 Å². The summed E-state index contributed by atoms with van der Waals surface area (Å²) in [6.07, 6.45) is 4.81. The maximum atomic E-state index is 12.0. The van der Waals surface area contributed by atoms with E-state index in [1.165, 1.54) is 0 Å². The van der Waals surface area contributed by atoms with E-state index >= 15 is 0 Å². The highest BCUT2D eigenvalue weighted by molar-refractivity contribution is 5.47. The number of aryl methyl sites for hydroxylation is 2. The molecule has 3 aromatic heterocycles. The number of H-pyrrole nitrogens is 1. The minimum absolute atomic E-state index is 0.121. The fraction of sp³-hybridized carbons (Fsp3) is 0.421. The Morgan fingerprint density at radius 2 is 1.68 bits per heavy atom. The predicted molar refractivity (Wildman–Crippen MR) is 105 cm³/mol. The van der Waals surface area contributed by atoms with Crippen LogP contribution in [0.3, 0.4) is 0 Å². The monoisotopic (exact) mass is 378 g/mol. The fourth-order valence-corrected chi connectivity index (χ4v) is 4.41. The Morgan fingerprint density at radius 1 is 0.964 bits per heavy atom. The molecule has 0 spiro atoms. The second-order valence-corrected chi connectivity index (χ2v) is 7.65. The molecular formula is C19H22N8O. The highest BCUT2D eigenvalue weighted by Gasteiger charge is 2.41. The van der Waals surface area contributed by atoms with Crippen molar-refractivity contribution in [2.24, 2.45) is 11.8 Å². The van der Waals surface area contributed by atoms with E-state index in [2.05, 4.69) is 34.8 Å². The Labute approximate surface area is 162 Å². The number of nitrogens with one attached hydrogen (secondary N) is 1. The molecule has 2 atom stereocenters. The van der Waals surface area contributed by atoms with E-state index in [9.17, 15) is 4.79 Å². The fourth-order valence-electron chi connectivity index (χ4n) is 4.41. The van der Waals surface area contributed by atoms with Crippen LogP contribution in [0, 0.1) is 25.7 Å². The summed E-state index contributed by atoms with van der Waals surface area (Å²) in [6.45, 7) is 7.52. The van der Waals surface area contributed by atoms with E-state index in [1.807, 2.05) is 30.7 Å². The van der Waals surface area contributed by atoms with Gasteiger partial charge in [-0.1, -0.05) is 0 Å². The first-order chi connectivity index (χ1) is 13.6. The van der Waals surface area contributed by atoms with E-state index in [0.29, 0.717) is 17.7 Å². The molecule has 2 fully saturated rings. The van der Waals surface area contributed by atoms with Crippen molar-refractivity contribution in [3.63, 3.8) is 0 Å². The van der Waals surface area contributed by atoms with Crippen LogP contribution in [-0.2, 0) is 0 Å². The molecule has 2 unspecified atom stereocenters. The standard InChI is InChI=1S/C19H22N8O/c1-12-5-13(2)27(24-12)17-6-16(22-11-23-17)25-7-14-9-26(10-15(14)8-25)18-19(28)21-4-3-20-18/h3-6,11,14-15H,7-10H2,1-2H3,(H,21,28). The Bertz CT molecular complexity index is 1060. The van der Waals surface area contributed by atoms with E-state index in [1.54, 1.807) is 18.7 Å². The van der Waals surface area contributed by atoms with Gasteiger partial charge in [-0.05, 0) is 19.9 Å². The summed E-state index contributed by atoms with van der Waals surface area (Å²) in [5.41, 5.74) is 1.90. The van der Waals surface area contributed by atoms with Crippen LogP contribution in [0.1, 0.15) is 11.4 Å². The van der Waals surface area contributed by atoms with Gasteiger partial charge < -0.3 is 14.8 Å². The molecule has 0 bridgehead atoms. The molecule has 0 saturated carbocycles. The molecule has 2 saturated heterocycles. The summed E-state index contributed by atoms with van der Waals surface area (Å²) < 4.78 is 1.85. The lowest BCUT2D eigenvalue weighted by molar-refractivity contribution is 0.533. The second-order valence-electron chi connectivity index (χ2n) is 7.65. The maximum absolute atomic E-state index is 12.0. The van der Waals surface area contributed by atoms with Crippen molar-refractivity contribution in [3.8, 4) is 5.82 Å². The number of rotatable bonds is 3. The summed E-state index contributed by atoms with van der Waals surface area (Å²) in [4.78, 5) is 32.3. The van der Waals surface area contributed by atoms with Crippen molar-refractivity contribution < 1.29 is 0 Å². The summed E-state index contributed by atoms with van der Waals surface area (Å²) in [7, 11) is 0. The molecule has 5 heterocycles. The van der Waals surface area contributed by atoms with Gasteiger partial charge in [0.1, 0.15) is 12.1 Å². The summed E-state index contributed by atoms with van der Waals surface area (Å²) in [5, 5.41) is 4.52. The molecule has 0 radical (unpaired) electrons. The number of fused-ring (bicyclic) bond motifs is 1. The van der Waals surface area contributed by atoms with E-state index < -0.39 is 0 Å². The number of aromatic amines is 1. The zero-order chi connectivity index (χ0) is 19.3. The largest absolute Gasteiger partial charge is 0.356 e. The molecule has 1 N–H and O–H groups in total. The average Bonchev–Trinajstić information content (AvgIpc) is 3.35. The molecule has 0 aromatic carbocycles. The third kappa shape index (κ3) is 2.83. The van der Waals surface area contributed by atoms with Gasteiger partial charge in [0.25, 0.3) is 5.56 Å². The van der Waals surface area contributed by atoms with Crippen LogP contribution in [0.15, 0.2) is 35.6 Å². The van der Waals surface area contributed by atoms with Crippen LogP contribution < -0.4 is 15.4 Å². The van der Waals surface area contributed by atoms with Crippen LogP contribution in [0.2, 0.25) is 0 Å². The lowest BCUT2D eigenvalue weighted by atomic mass is 10.0. The van der Waals surface area contributed by atoms with Crippen molar-refractivity contribution in [1.29, 1.82) is 0 Å². The Morgan fingerprint density at radius 3 is 2.36 bits per heavy atom. The first kappa shape index (κ1) is 16.9. The minimum Gasteiger partial charge on any atom is -0.356 e. The molecule has 0 amide bonds. The van der Waals surface area contributed by atoms with Crippen molar-refractivity contribution in [3.05, 3.63) is 52.6 Å². The number of hydrogen-bond donors (Lipinski definition) is 1. The SMILES string of the molecule is Cc1cc(C)n(-c2cc(N3CC4CN(c5ncc[nH]c5=O)CC4C3)ncn2)n1. The highest BCUT2D eigenvalue weighted by atomic mass is 16.1. The van der Waals surface area contributed by atoms with E-state index in [0.717, 1.165) is 49.2 Å². The zero-order valence-corrected chi connectivity index (χ0v) is 15.9. The van der Waals surface area contributed by atoms with Gasteiger partial charge in [0.05, 0.1) is 5.69 Å². The topological polar surface area (TPSA) is 95.8 Å². The van der Waals surface area contributed by atoms with Crippen molar-refractivity contribution in [2.45, 2.75) is 13.8 Å². The minimum atomic E-state index is -0.121. The molecule has 0 aliphatic carbocycles. The van der Waals surface area contributed by atoms with Gasteiger partial charge >= 0.3 is 0 Å². The molecule has 9 heteroatoms. The Balaban J connectivity index is 1.33. The molecule has 28 heavy (non-hydrogen) atoms. The van der Waals surface area contributed by atoms with E-state index in [-0.39, 0.29) is 5.56 Å². The normalized spacial score (nSPS) is 21.4. The van der Waals surface area contributed by atoms with Crippen molar-refractivity contribution >= 4 is 11.6 Å². The lowest BCUT2D eigenvalue weighted by Crippen LogP contribution is -2.32. The molecule has 9 nitrogen and oxygen atoms in total. The van der Waals surface area contributed by atoms with E-state index in [4.69, 9.17) is 0 Å². The first-order valence-electron chi connectivity index (χ1n) is 9.48. The number of hydrogen-bond acceptors (Lipinski definition) is 7. The van der Waals surface area contributed by atoms with Gasteiger partial charge in [0.15, 0.2) is 11.6 Å². The highest BCUT2D eigenvalue weighted by Crippen LogP contribution is 2.34. The van der Waals surface area contributed by atoms with Crippen LogP contribution in [0.4, 0.5) is 11.6 Å². The number of aromatic nitrogens is 6. The molecule has 144 valence electrons. The molecule has 3 aromatic rings. The molecule has 2 aliphatic rings. The molecular weight excluding hydrogens is 356 g/mol. The summed E-state index contributed by atoms with van der Waals surface area (Å²) in [6, 6.07) is 4.04. The van der Waals surface area contributed by atoms with Gasteiger partial charge in [0, 0.05) is 62.2 Å². The Hall–Kier alpha value is -3.23. The van der Waals surface area contributed by atoms with Gasteiger partial charge in [-0.3, -0.25) is 4.79 Å². The quantitative estimate of drug-likeness (QED) is 0.724. The van der Waals surface area contributed by atoms with Crippen LogP contribution in [0.25, 0.3) is 5.82 Å². The smallest absolute Gasteiger partial charge is 0.290 e. The summed E-state index contributed by atoms with van der Waals surface area (Å²) in [5.74, 6) is 3.22. The third-order valence-corrected chi connectivity index (χ3v) is 5.66. The van der Waals surface area contributed by atoms with Crippen LogP contribution in [0.5, 0.6) is 0 Å². The first-order valence-corrected chi connectivity index (χ1v) is 9.48. The molecule has 2 aliphatic heterocycles. The zero-order valence-electron chi connectivity index (χ0n) is 15.9. The second kappa shape index (κ2) is 6.43. The average molecular weight is 378 g/mol. The van der Waals surface area contributed by atoms with Crippen LogP contribution in [-0.4, -0.2) is 55.9 Å². The van der Waals surface area contributed by atoms with Crippen molar-refractivity contribution in [1.82, 2.24) is 29.7 Å². The van der Waals surface area contributed by atoms with Gasteiger partial charge in [-0.25, -0.2) is 19.6 Å². The lowest BCUT2D eigenvalue weighted by Gasteiger charge is -2.22. The predicted octanol–water partition coefficient (Wildman–Crippen LogP) is 0.935. The number of anilines is 2. The third-order valence-electron chi connectivity index (χ3n) is 5.66. The number of nitrogens with zero attached hydrogens (tertiary/aromatic N) is 7. The van der Waals surface area contributed by atoms with Crippen molar-refractivity contribution in [2.75, 3.05) is 36.0 Å². The summed E-state index contributed by atoms with van der Waals surface area (Å²) >= 11 is 0. The maximum Gasteiger partial charge on any atom is 0.290 e. The van der Waals surface area contributed by atoms with Crippen LogP contribution >= 0.6 is 0 Å².